The average Bonchev–Trinajstić information content (AvgIpc) is 2.54. The lowest BCUT2D eigenvalue weighted by atomic mass is 10.0. The Morgan fingerprint density at radius 3 is 2.08 bits per heavy atom. The van der Waals surface area contributed by atoms with E-state index in [1.165, 1.54) is 0 Å². The van der Waals surface area contributed by atoms with Gasteiger partial charge in [0.05, 0.1) is 17.1 Å². The van der Waals surface area contributed by atoms with Crippen molar-refractivity contribution in [2.75, 3.05) is 7.11 Å². The zero-order chi connectivity index (χ0) is 18.7. The zero-order valence-electron chi connectivity index (χ0n) is 15.1. The van der Waals surface area contributed by atoms with Gasteiger partial charge in [0.2, 0.25) is 0 Å². The van der Waals surface area contributed by atoms with Crippen molar-refractivity contribution < 1.29 is 9.53 Å². The van der Waals surface area contributed by atoms with Gasteiger partial charge in [-0.25, -0.2) is 0 Å². The number of benzene rings is 2. The van der Waals surface area contributed by atoms with Gasteiger partial charge in [0.15, 0.2) is 0 Å². The first-order chi connectivity index (χ1) is 11.8. The molecule has 2 rings (SSSR count). The molecule has 0 aromatic heterocycles. The van der Waals surface area contributed by atoms with Gasteiger partial charge in [-0.15, -0.1) is 0 Å². The molecule has 0 saturated carbocycles. The van der Waals surface area contributed by atoms with E-state index in [4.69, 9.17) is 4.74 Å². The molecule has 134 valence electrons. The van der Waals surface area contributed by atoms with E-state index < -0.39 is 0 Å². The highest BCUT2D eigenvalue weighted by Gasteiger charge is 2.28. The van der Waals surface area contributed by atoms with Crippen LogP contribution in [-0.2, 0) is 0 Å². The summed E-state index contributed by atoms with van der Waals surface area (Å²) in [6.45, 7) is 8.09. The van der Waals surface area contributed by atoms with E-state index in [0.717, 1.165) is 15.6 Å². The van der Waals surface area contributed by atoms with Crippen LogP contribution in [0.15, 0.2) is 45.3 Å². The van der Waals surface area contributed by atoms with Crippen molar-refractivity contribution in [2.24, 2.45) is 0 Å². The number of nitrogens with zero attached hydrogens (tertiary/aromatic N) is 1. The average molecular weight is 469 g/mol. The molecule has 1 amide bonds. The second-order valence-corrected chi connectivity index (χ2v) is 8.04. The summed E-state index contributed by atoms with van der Waals surface area (Å²) >= 11 is 7.20. The molecule has 2 aromatic carbocycles. The summed E-state index contributed by atoms with van der Waals surface area (Å²) in [5.74, 6) is 0.631. The summed E-state index contributed by atoms with van der Waals surface area (Å²) in [4.78, 5) is 15.1. The van der Waals surface area contributed by atoms with Crippen molar-refractivity contribution in [1.29, 1.82) is 0 Å². The Morgan fingerprint density at radius 1 is 1.04 bits per heavy atom. The summed E-state index contributed by atoms with van der Waals surface area (Å²) in [7, 11) is 1.62. The predicted molar refractivity (Wildman–Crippen MR) is 110 cm³/mol. The van der Waals surface area contributed by atoms with Crippen molar-refractivity contribution >= 4 is 37.8 Å². The van der Waals surface area contributed by atoms with Crippen LogP contribution in [0.1, 0.15) is 38.1 Å². The number of hydrogen-bond acceptors (Lipinski definition) is 2. The molecule has 0 saturated heterocycles. The molecule has 0 aliphatic rings. The fraction of sp³-hybridized carbons (Fsp3) is 0.350. The fourth-order valence-electron chi connectivity index (χ4n) is 3.02. The Kier molecular flexibility index (Phi) is 6.69. The molecule has 5 heteroatoms. The van der Waals surface area contributed by atoms with Crippen molar-refractivity contribution in [3.8, 4) is 16.9 Å². The maximum atomic E-state index is 13.2. The summed E-state index contributed by atoms with van der Waals surface area (Å²) < 4.78 is 7.05. The first-order valence-electron chi connectivity index (χ1n) is 8.23. The summed E-state index contributed by atoms with van der Waals surface area (Å²) in [6.07, 6.45) is 0. The smallest absolute Gasteiger partial charge is 0.256 e. The summed E-state index contributed by atoms with van der Waals surface area (Å²) in [5, 5.41) is 0. The molecular weight excluding hydrogens is 446 g/mol. The normalized spacial score (nSPS) is 11.1. The maximum Gasteiger partial charge on any atom is 0.256 e. The Hall–Kier alpha value is -1.33. The number of carbonyl (C=O) groups is 1. The van der Waals surface area contributed by atoms with Crippen LogP contribution in [-0.4, -0.2) is 30.0 Å². The van der Waals surface area contributed by atoms with E-state index in [1.807, 2.05) is 69.0 Å². The van der Waals surface area contributed by atoms with Gasteiger partial charge in [0.1, 0.15) is 5.75 Å². The lowest BCUT2D eigenvalue weighted by Gasteiger charge is -2.32. The highest BCUT2D eigenvalue weighted by Crippen LogP contribution is 2.43. The Labute approximate surface area is 166 Å². The molecule has 25 heavy (non-hydrogen) atoms. The van der Waals surface area contributed by atoms with Gasteiger partial charge < -0.3 is 9.64 Å². The standard InChI is InChI=1S/C20H23Br2NO2/c1-12(2)23(13(3)4)20(24)17-16(21)11-15(19(25-5)18(17)22)14-9-7-6-8-10-14/h6-13H,1-5H3. The van der Waals surface area contributed by atoms with Crippen LogP contribution < -0.4 is 4.74 Å². The number of amides is 1. The third kappa shape index (κ3) is 4.09. The Bertz CT molecular complexity index is 750. The monoisotopic (exact) mass is 467 g/mol. The van der Waals surface area contributed by atoms with Crippen molar-refractivity contribution in [1.82, 2.24) is 4.90 Å². The third-order valence-electron chi connectivity index (χ3n) is 4.02. The molecule has 0 aliphatic heterocycles. The second kappa shape index (κ2) is 8.37. The van der Waals surface area contributed by atoms with Gasteiger partial charge in [-0.05, 0) is 71.2 Å². The number of hydrogen-bond donors (Lipinski definition) is 0. The highest BCUT2D eigenvalue weighted by molar-refractivity contribution is 9.11. The molecule has 0 atom stereocenters. The van der Waals surface area contributed by atoms with E-state index in [1.54, 1.807) is 7.11 Å². The van der Waals surface area contributed by atoms with E-state index in [0.29, 0.717) is 15.8 Å². The molecule has 0 unspecified atom stereocenters. The van der Waals surface area contributed by atoms with Gasteiger partial charge in [-0.1, -0.05) is 30.3 Å². The van der Waals surface area contributed by atoms with Gasteiger partial charge in [-0.2, -0.15) is 0 Å². The lowest BCUT2D eigenvalue weighted by Crippen LogP contribution is -2.42. The minimum Gasteiger partial charge on any atom is -0.495 e. The number of ether oxygens (including phenoxy) is 1. The van der Waals surface area contributed by atoms with Crippen molar-refractivity contribution in [2.45, 2.75) is 39.8 Å². The Morgan fingerprint density at radius 2 is 1.60 bits per heavy atom. The van der Waals surface area contributed by atoms with Crippen molar-refractivity contribution in [3.05, 3.63) is 50.9 Å². The van der Waals surface area contributed by atoms with E-state index in [9.17, 15) is 4.79 Å². The zero-order valence-corrected chi connectivity index (χ0v) is 18.3. The predicted octanol–water partition coefficient (Wildman–Crippen LogP) is 6.15. The minimum atomic E-state index is -0.0262. The second-order valence-electron chi connectivity index (χ2n) is 6.39. The third-order valence-corrected chi connectivity index (χ3v) is 5.41. The quantitative estimate of drug-likeness (QED) is 0.526. The first-order valence-corrected chi connectivity index (χ1v) is 9.82. The van der Waals surface area contributed by atoms with Crippen LogP contribution in [0.4, 0.5) is 0 Å². The number of rotatable bonds is 5. The minimum absolute atomic E-state index is 0.0262. The van der Waals surface area contributed by atoms with Crippen LogP contribution >= 0.6 is 31.9 Å². The molecule has 0 N–H and O–H groups in total. The van der Waals surface area contributed by atoms with Crippen LogP contribution in [0.5, 0.6) is 5.75 Å². The van der Waals surface area contributed by atoms with E-state index in [2.05, 4.69) is 31.9 Å². The lowest BCUT2D eigenvalue weighted by molar-refractivity contribution is 0.0641. The fourth-order valence-corrected chi connectivity index (χ4v) is 4.64. The topological polar surface area (TPSA) is 29.5 Å². The van der Waals surface area contributed by atoms with Gasteiger partial charge in [0, 0.05) is 22.1 Å². The van der Waals surface area contributed by atoms with Gasteiger partial charge >= 0.3 is 0 Å². The number of carbonyl (C=O) groups excluding carboxylic acids is 1. The van der Waals surface area contributed by atoms with E-state index in [-0.39, 0.29) is 18.0 Å². The molecule has 3 nitrogen and oxygen atoms in total. The SMILES string of the molecule is COc1c(-c2ccccc2)cc(Br)c(C(=O)N(C(C)C)C(C)C)c1Br. The Balaban J connectivity index is 2.64. The van der Waals surface area contributed by atoms with Gasteiger partial charge in [-0.3, -0.25) is 4.79 Å². The molecule has 0 heterocycles. The largest absolute Gasteiger partial charge is 0.495 e. The molecule has 0 spiro atoms. The number of halogens is 2. The van der Waals surface area contributed by atoms with Crippen LogP contribution in [0.2, 0.25) is 0 Å². The molecule has 0 fully saturated rings. The maximum absolute atomic E-state index is 13.2. The summed E-state index contributed by atoms with van der Waals surface area (Å²) in [6, 6.07) is 12.1. The van der Waals surface area contributed by atoms with Gasteiger partial charge in [0.25, 0.3) is 5.91 Å². The molecule has 0 radical (unpaired) electrons. The molecule has 2 aromatic rings. The van der Waals surface area contributed by atoms with Crippen LogP contribution in [0.25, 0.3) is 11.1 Å². The first kappa shape index (κ1) is 20.0. The van der Waals surface area contributed by atoms with E-state index >= 15 is 0 Å². The van der Waals surface area contributed by atoms with Crippen LogP contribution in [0.3, 0.4) is 0 Å². The van der Waals surface area contributed by atoms with Crippen LogP contribution in [0, 0.1) is 0 Å². The van der Waals surface area contributed by atoms with Crippen molar-refractivity contribution in [3.63, 3.8) is 0 Å². The molecular formula is C20H23Br2NO2. The molecule has 0 bridgehead atoms. The summed E-state index contributed by atoms with van der Waals surface area (Å²) in [5.41, 5.74) is 2.54. The molecule has 0 aliphatic carbocycles. The number of methoxy groups -OCH3 is 1. The highest BCUT2D eigenvalue weighted by atomic mass is 79.9.